The second-order valence-corrected chi connectivity index (χ2v) is 5.43. The molecule has 1 fully saturated rings. The average Bonchev–Trinajstić information content (AvgIpc) is 2.53. The number of nitrogens with zero attached hydrogens (tertiary/aromatic N) is 2. The van der Waals surface area contributed by atoms with Gasteiger partial charge in [-0.3, -0.25) is 4.90 Å². The van der Waals surface area contributed by atoms with Gasteiger partial charge in [-0.1, -0.05) is 6.07 Å². The van der Waals surface area contributed by atoms with Crippen LogP contribution in [-0.4, -0.2) is 54.7 Å². The number of phenolic OH excluding ortho intramolecular Hbond substituents is 1. The van der Waals surface area contributed by atoms with E-state index in [0.29, 0.717) is 17.5 Å². The van der Waals surface area contributed by atoms with Gasteiger partial charge in [-0.15, -0.1) is 0 Å². The molecule has 1 saturated heterocycles. The van der Waals surface area contributed by atoms with Gasteiger partial charge in [-0.2, -0.15) is 0 Å². The normalized spacial score (nSPS) is 22.2. The summed E-state index contributed by atoms with van der Waals surface area (Å²) in [6.45, 7) is 6.36. The number of phenols is 1. The van der Waals surface area contributed by atoms with Crippen molar-refractivity contribution in [1.82, 2.24) is 9.80 Å². The molecule has 1 aliphatic rings. The van der Waals surface area contributed by atoms with Crippen molar-refractivity contribution in [2.75, 3.05) is 33.8 Å². The van der Waals surface area contributed by atoms with Gasteiger partial charge in [0.25, 0.3) is 0 Å². The molecule has 1 heterocycles. The van der Waals surface area contributed by atoms with Gasteiger partial charge >= 0.3 is 0 Å². The van der Waals surface area contributed by atoms with E-state index in [0.717, 1.165) is 31.7 Å². The third-order valence-electron chi connectivity index (χ3n) is 3.85. The Labute approximate surface area is 115 Å². The van der Waals surface area contributed by atoms with E-state index in [2.05, 4.69) is 23.8 Å². The van der Waals surface area contributed by atoms with Crippen LogP contribution in [0.3, 0.4) is 0 Å². The minimum atomic E-state index is 0.323. The zero-order valence-electron chi connectivity index (χ0n) is 12.1. The lowest BCUT2D eigenvalue weighted by atomic mass is 10.1. The summed E-state index contributed by atoms with van der Waals surface area (Å²) in [6.07, 6.45) is 1.18. The van der Waals surface area contributed by atoms with Crippen LogP contribution in [0.25, 0.3) is 0 Å². The number of likely N-dealkylation sites (N-methyl/N-ethyl adjacent to an activating group) is 1. The molecule has 4 heteroatoms. The summed E-state index contributed by atoms with van der Waals surface area (Å²) in [5, 5.41) is 10.0. The lowest BCUT2D eigenvalue weighted by Crippen LogP contribution is -2.37. The predicted molar refractivity (Wildman–Crippen MR) is 76.6 cm³/mol. The van der Waals surface area contributed by atoms with Crippen LogP contribution in [-0.2, 0) is 6.54 Å². The smallest absolute Gasteiger partial charge is 0.123 e. The summed E-state index contributed by atoms with van der Waals surface area (Å²) in [7, 11) is 3.78. The maximum Gasteiger partial charge on any atom is 0.123 e. The molecule has 1 aromatic carbocycles. The van der Waals surface area contributed by atoms with Crippen molar-refractivity contribution in [2.45, 2.75) is 25.9 Å². The largest absolute Gasteiger partial charge is 0.507 e. The fourth-order valence-corrected chi connectivity index (χ4v) is 2.68. The fourth-order valence-electron chi connectivity index (χ4n) is 2.68. The van der Waals surface area contributed by atoms with Crippen LogP contribution in [0.1, 0.15) is 18.9 Å². The van der Waals surface area contributed by atoms with Crippen molar-refractivity contribution in [3.05, 3.63) is 23.8 Å². The van der Waals surface area contributed by atoms with Crippen molar-refractivity contribution in [1.29, 1.82) is 0 Å². The molecule has 4 nitrogen and oxygen atoms in total. The maximum absolute atomic E-state index is 10.0. The van der Waals surface area contributed by atoms with E-state index in [1.54, 1.807) is 13.2 Å². The summed E-state index contributed by atoms with van der Waals surface area (Å²) in [5.74, 6) is 1.02. The summed E-state index contributed by atoms with van der Waals surface area (Å²) < 4.78 is 5.11. The molecule has 0 aliphatic carbocycles. The van der Waals surface area contributed by atoms with E-state index in [9.17, 15) is 5.11 Å². The second-order valence-electron chi connectivity index (χ2n) is 5.43. The van der Waals surface area contributed by atoms with Crippen molar-refractivity contribution >= 4 is 0 Å². The van der Waals surface area contributed by atoms with Crippen LogP contribution in [0, 0.1) is 0 Å². The number of ether oxygens (including phenoxy) is 1. The van der Waals surface area contributed by atoms with Gasteiger partial charge in [0, 0.05) is 37.3 Å². The van der Waals surface area contributed by atoms with Crippen molar-refractivity contribution < 1.29 is 9.84 Å². The lowest BCUT2D eigenvalue weighted by Gasteiger charge is -2.28. The summed E-state index contributed by atoms with van der Waals surface area (Å²) >= 11 is 0. The van der Waals surface area contributed by atoms with Crippen LogP contribution in [0.4, 0.5) is 0 Å². The molecule has 1 unspecified atom stereocenters. The highest BCUT2D eigenvalue weighted by Crippen LogP contribution is 2.25. The lowest BCUT2D eigenvalue weighted by molar-refractivity contribution is 0.193. The van der Waals surface area contributed by atoms with E-state index in [1.165, 1.54) is 6.42 Å². The number of hydrogen-bond donors (Lipinski definition) is 1. The van der Waals surface area contributed by atoms with Gasteiger partial charge in [0.1, 0.15) is 11.5 Å². The van der Waals surface area contributed by atoms with Gasteiger partial charge in [0.15, 0.2) is 0 Å². The Balaban J connectivity index is 2.07. The Morgan fingerprint density at radius 1 is 1.37 bits per heavy atom. The molecular weight excluding hydrogens is 240 g/mol. The molecule has 19 heavy (non-hydrogen) atoms. The molecule has 0 aromatic heterocycles. The SMILES string of the molecule is COc1ccc(CN2CCCN(C)CC2C)c(O)c1. The molecule has 1 N–H and O–H groups in total. The first-order valence-electron chi connectivity index (χ1n) is 6.88. The second kappa shape index (κ2) is 6.26. The quantitative estimate of drug-likeness (QED) is 0.905. The van der Waals surface area contributed by atoms with Crippen LogP contribution >= 0.6 is 0 Å². The minimum absolute atomic E-state index is 0.323. The van der Waals surface area contributed by atoms with Crippen LogP contribution in [0.5, 0.6) is 11.5 Å². The highest BCUT2D eigenvalue weighted by Gasteiger charge is 2.20. The first-order chi connectivity index (χ1) is 9.10. The highest BCUT2D eigenvalue weighted by molar-refractivity contribution is 5.39. The number of benzene rings is 1. The monoisotopic (exact) mass is 264 g/mol. The summed E-state index contributed by atoms with van der Waals surface area (Å²) in [5.41, 5.74) is 0.970. The number of rotatable bonds is 3. The molecule has 2 rings (SSSR count). The van der Waals surface area contributed by atoms with Gasteiger partial charge < -0.3 is 14.7 Å². The third-order valence-corrected chi connectivity index (χ3v) is 3.85. The van der Waals surface area contributed by atoms with Gasteiger partial charge in [-0.25, -0.2) is 0 Å². The standard InChI is InChI=1S/C15H24N2O2/c1-12-10-16(2)7-4-8-17(12)11-13-5-6-14(19-3)9-15(13)18/h5-6,9,12,18H,4,7-8,10-11H2,1-3H3. The van der Waals surface area contributed by atoms with E-state index in [4.69, 9.17) is 4.74 Å². The number of methoxy groups -OCH3 is 1. The Morgan fingerprint density at radius 3 is 2.84 bits per heavy atom. The number of aromatic hydroxyl groups is 1. The molecule has 0 bridgehead atoms. The Hall–Kier alpha value is -1.26. The fraction of sp³-hybridized carbons (Fsp3) is 0.600. The maximum atomic E-state index is 10.0. The summed E-state index contributed by atoms with van der Waals surface area (Å²) in [6, 6.07) is 6.05. The van der Waals surface area contributed by atoms with Crippen molar-refractivity contribution in [2.24, 2.45) is 0 Å². The first kappa shape index (κ1) is 14.2. The molecule has 106 valence electrons. The molecular formula is C15H24N2O2. The molecule has 1 atom stereocenters. The third kappa shape index (κ3) is 3.61. The Kier molecular flexibility index (Phi) is 4.66. The van der Waals surface area contributed by atoms with Crippen molar-refractivity contribution in [3.8, 4) is 11.5 Å². The topological polar surface area (TPSA) is 35.9 Å². The van der Waals surface area contributed by atoms with Gasteiger partial charge in [0.05, 0.1) is 7.11 Å². The molecule has 1 aromatic rings. The van der Waals surface area contributed by atoms with E-state index in [1.807, 2.05) is 12.1 Å². The minimum Gasteiger partial charge on any atom is -0.507 e. The molecule has 0 radical (unpaired) electrons. The zero-order valence-corrected chi connectivity index (χ0v) is 12.1. The van der Waals surface area contributed by atoms with Crippen LogP contribution in [0.15, 0.2) is 18.2 Å². The predicted octanol–water partition coefficient (Wildman–Crippen LogP) is 1.93. The van der Waals surface area contributed by atoms with Crippen molar-refractivity contribution in [3.63, 3.8) is 0 Å². The number of hydrogen-bond acceptors (Lipinski definition) is 4. The van der Waals surface area contributed by atoms with Crippen LogP contribution < -0.4 is 4.74 Å². The average molecular weight is 264 g/mol. The van der Waals surface area contributed by atoms with Gasteiger partial charge in [0.2, 0.25) is 0 Å². The van der Waals surface area contributed by atoms with E-state index in [-0.39, 0.29) is 0 Å². The van der Waals surface area contributed by atoms with Crippen LogP contribution in [0.2, 0.25) is 0 Å². The molecule has 0 spiro atoms. The van der Waals surface area contributed by atoms with E-state index >= 15 is 0 Å². The first-order valence-corrected chi connectivity index (χ1v) is 6.88. The highest BCUT2D eigenvalue weighted by atomic mass is 16.5. The molecule has 1 aliphatic heterocycles. The van der Waals surface area contributed by atoms with Gasteiger partial charge in [-0.05, 0) is 33.0 Å². The molecule has 0 saturated carbocycles. The zero-order chi connectivity index (χ0) is 13.8. The Morgan fingerprint density at radius 2 is 2.16 bits per heavy atom. The molecule has 0 amide bonds. The summed E-state index contributed by atoms with van der Waals surface area (Å²) in [4.78, 5) is 4.81. The Bertz CT molecular complexity index is 423. The van der Waals surface area contributed by atoms with E-state index < -0.39 is 0 Å².